The van der Waals surface area contributed by atoms with Crippen LogP contribution in [0.1, 0.15) is 19.7 Å². The first-order chi connectivity index (χ1) is 9.61. The number of benzene rings is 1. The molecule has 1 heterocycles. The Labute approximate surface area is 121 Å². The van der Waals surface area contributed by atoms with Crippen molar-refractivity contribution in [3.63, 3.8) is 0 Å². The quantitative estimate of drug-likeness (QED) is 0.646. The van der Waals surface area contributed by atoms with Crippen LogP contribution < -0.4 is 11.2 Å². The van der Waals surface area contributed by atoms with Crippen LogP contribution >= 0.6 is 11.8 Å². The molecule has 0 saturated carbocycles. The zero-order valence-corrected chi connectivity index (χ0v) is 12.2. The number of nitrogens with zero attached hydrogens (tertiary/aromatic N) is 3. The molecule has 0 aliphatic rings. The third kappa shape index (κ3) is 3.30. The second-order valence-electron chi connectivity index (χ2n) is 4.24. The van der Waals surface area contributed by atoms with Gasteiger partial charge in [0.25, 0.3) is 0 Å². The average Bonchev–Trinajstić information content (AvgIpc) is 2.80. The number of nitrogen functional groups attached to an aromatic ring is 1. The van der Waals surface area contributed by atoms with Gasteiger partial charge in [-0.25, -0.2) is 4.68 Å². The Kier molecular flexibility index (Phi) is 4.62. The summed E-state index contributed by atoms with van der Waals surface area (Å²) in [6.07, 6.45) is 0.703. The maximum absolute atomic E-state index is 12.1. The average molecular weight is 291 g/mol. The summed E-state index contributed by atoms with van der Waals surface area (Å²) >= 11 is 1.29. The SMILES string of the molecule is CCc1nnc(S[C@@H](C)C(=O)Nc2ccccc2)n1N. The van der Waals surface area contributed by atoms with E-state index in [-0.39, 0.29) is 11.2 Å². The number of carbonyl (C=O) groups excluding carboxylic acids is 1. The number of rotatable bonds is 5. The lowest BCUT2D eigenvalue weighted by Gasteiger charge is -2.11. The van der Waals surface area contributed by atoms with Crippen LogP contribution in [-0.4, -0.2) is 26.0 Å². The van der Waals surface area contributed by atoms with Crippen LogP contribution in [0.2, 0.25) is 0 Å². The zero-order valence-electron chi connectivity index (χ0n) is 11.4. The number of aryl methyl sites for hydroxylation is 1. The molecule has 1 aromatic heterocycles. The fraction of sp³-hybridized carbons (Fsp3) is 0.308. The lowest BCUT2D eigenvalue weighted by atomic mass is 10.3. The molecule has 0 spiro atoms. The maximum Gasteiger partial charge on any atom is 0.237 e. The summed E-state index contributed by atoms with van der Waals surface area (Å²) in [6.45, 7) is 3.76. The van der Waals surface area contributed by atoms with E-state index < -0.39 is 0 Å². The van der Waals surface area contributed by atoms with Crippen LogP contribution in [0, 0.1) is 0 Å². The van der Waals surface area contributed by atoms with Crippen molar-refractivity contribution in [2.75, 3.05) is 11.2 Å². The van der Waals surface area contributed by atoms with Crippen molar-refractivity contribution in [1.82, 2.24) is 14.9 Å². The lowest BCUT2D eigenvalue weighted by Crippen LogP contribution is -2.23. The van der Waals surface area contributed by atoms with E-state index in [4.69, 9.17) is 5.84 Å². The molecule has 2 aromatic rings. The van der Waals surface area contributed by atoms with Gasteiger partial charge in [-0.1, -0.05) is 36.9 Å². The van der Waals surface area contributed by atoms with Gasteiger partial charge in [0.1, 0.15) is 0 Å². The molecule has 106 valence electrons. The third-order valence-corrected chi connectivity index (χ3v) is 3.80. The molecule has 1 aromatic carbocycles. The summed E-state index contributed by atoms with van der Waals surface area (Å²) < 4.78 is 1.43. The summed E-state index contributed by atoms with van der Waals surface area (Å²) in [5.74, 6) is 6.46. The lowest BCUT2D eigenvalue weighted by molar-refractivity contribution is -0.115. The molecule has 0 fully saturated rings. The van der Waals surface area contributed by atoms with Crippen molar-refractivity contribution in [1.29, 1.82) is 0 Å². The van der Waals surface area contributed by atoms with Crippen LogP contribution in [-0.2, 0) is 11.2 Å². The van der Waals surface area contributed by atoms with Crippen molar-refractivity contribution in [3.8, 4) is 0 Å². The van der Waals surface area contributed by atoms with Crippen molar-refractivity contribution in [2.24, 2.45) is 0 Å². The number of hydrogen-bond donors (Lipinski definition) is 2. The minimum Gasteiger partial charge on any atom is -0.336 e. The monoisotopic (exact) mass is 291 g/mol. The summed E-state index contributed by atoms with van der Waals surface area (Å²) in [5, 5.41) is 11.0. The molecular formula is C13H17N5OS. The van der Waals surface area contributed by atoms with E-state index in [0.29, 0.717) is 17.4 Å². The first-order valence-corrected chi connectivity index (χ1v) is 7.21. The highest BCUT2D eigenvalue weighted by Gasteiger charge is 2.18. The van der Waals surface area contributed by atoms with Crippen LogP contribution in [0.15, 0.2) is 35.5 Å². The smallest absolute Gasteiger partial charge is 0.237 e. The van der Waals surface area contributed by atoms with Gasteiger partial charge < -0.3 is 11.2 Å². The Morgan fingerprint density at radius 2 is 2.10 bits per heavy atom. The number of nitrogens with one attached hydrogen (secondary N) is 1. The molecule has 7 heteroatoms. The van der Waals surface area contributed by atoms with Crippen LogP contribution in [0.4, 0.5) is 5.69 Å². The number of aromatic nitrogens is 3. The van der Waals surface area contributed by atoms with Crippen molar-refractivity contribution < 1.29 is 4.79 Å². The molecular weight excluding hydrogens is 274 g/mol. The second-order valence-corrected chi connectivity index (χ2v) is 5.55. The van der Waals surface area contributed by atoms with E-state index in [1.54, 1.807) is 0 Å². The van der Waals surface area contributed by atoms with Gasteiger partial charge in [0.15, 0.2) is 5.82 Å². The van der Waals surface area contributed by atoms with Gasteiger partial charge in [-0.05, 0) is 19.1 Å². The van der Waals surface area contributed by atoms with Gasteiger partial charge in [0.05, 0.1) is 5.25 Å². The summed E-state index contributed by atoms with van der Waals surface area (Å²) in [5.41, 5.74) is 0.772. The van der Waals surface area contributed by atoms with Gasteiger partial charge in [0, 0.05) is 12.1 Å². The molecule has 0 unspecified atom stereocenters. The molecule has 0 aliphatic heterocycles. The number of carbonyl (C=O) groups is 1. The van der Waals surface area contributed by atoms with Gasteiger partial charge in [-0.2, -0.15) is 0 Å². The molecule has 0 bridgehead atoms. The highest BCUT2D eigenvalue weighted by Crippen LogP contribution is 2.22. The first kappa shape index (κ1) is 14.4. The van der Waals surface area contributed by atoms with E-state index in [1.165, 1.54) is 16.4 Å². The van der Waals surface area contributed by atoms with E-state index in [2.05, 4.69) is 15.5 Å². The molecule has 20 heavy (non-hydrogen) atoms. The number of hydrogen-bond acceptors (Lipinski definition) is 5. The van der Waals surface area contributed by atoms with E-state index >= 15 is 0 Å². The predicted octanol–water partition coefficient (Wildman–Crippen LogP) is 1.67. The normalized spacial score (nSPS) is 12.1. The largest absolute Gasteiger partial charge is 0.336 e. The standard InChI is InChI=1S/C13H17N5OS/c1-3-11-16-17-13(18(11)14)20-9(2)12(19)15-10-7-5-4-6-8-10/h4-9H,3,14H2,1-2H3,(H,15,19)/t9-/m0/s1. The molecule has 2 rings (SSSR count). The van der Waals surface area contributed by atoms with Gasteiger partial charge in [-0.15, -0.1) is 10.2 Å². The fourth-order valence-corrected chi connectivity index (χ4v) is 2.39. The fourth-order valence-electron chi connectivity index (χ4n) is 1.61. The summed E-state index contributed by atoms with van der Waals surface area (Å²) in [6, 6.07) is 9.33. The number of amides is 1. The zero-order chi connectivity index (χ0) is 14.5. The third-order valence-electron chi connectivity index (χ3n) is 2.74. The highest BCUT2D eigenvalue weighted by molar-refractivity contribution is 8.00. The van der Waals surface area contributed by atoms with Crippen LogP contribution in [0.5, 0.6) is 0 Å². The van der Waals surface area contributed by atoms with Crippen molar-refractivity contribution in [2.45, 2.75) is 30.7 Å². The molecule has 1 atom stereocenters. The molecule has 0 radical (unpaired) electrons. The number of anilines is 1. The Morgan fingerprint density at radius 1 is 1.40 bits per heavy atom. The Balaban J connectivity index is 1.99. The van der Waals surface area contributed by atoms with E-state index in [1.807, 2.05) is 44.2 Å². The molecule has 0 aliphatic carbocycles. The molecule has 3 N–H and O–H groups in total. The highest BCUT2D eigenvalue weighted by atomic mass is 32.2. The topological polar surface area (TPSA) is 85.8 Å². The second kappa shape index (κ2) is 6.42. The summed E-state index contributed by atoms with van der Waals surface area (Å²) in [4.78, 5) is 12.1. The maximum atomic E-state index is 12.1. The van der Waals surface area contributed by atoms with Crippen LogP contribution in [0.3, 0.4) is 0 Å². The van der Waals surface area contributed by atoms with Gasteiger partial charge >= 0.3 is 0 Å². The minimum absolute atomic E-state index is 0.0951. The predicted molar refractivity (Wildman–Crippen MR) is 79.9 cm³/mol. The Morgan fingerprint density at radius 3 is 2.70 bits per heavy atom. The van der Waals surface area contributed by atoms with E-state index in [0.717, 1.165) is 5.69 Å². The van der Waals surface area contributed by atoms with Gasteiger partial charge in [0.2, 0.25) is 11.1 Å². The molecule has 1 amide bonds. The van der Waals surface area contributed by atoms with Gasteiger partial charge in [-0.3, -0.25) is 4.79 Å². The number of thioether (sulfide) groups is 1. The Bertz CT molecular complexity index is 584. The minimum atomic E-state index is -0.314. The van der Waals surface area contributed by atoms with Crippen molar-refractivity contribution >= 4 is 23.4 Å². The van der Waals surface area contributed by atoms with Crippen LogP contribution in [0.25, 0.3) is 0 Å². The van der Waals surface area contributed by atoms with Crippen molar-refractivity contribution in [3.05, 3.63) is 36.2 Å². The first-order valence-electron chi connectivity index (χ1n) is 6.33. The molecule has 6 nitrogen and oxygen atoms in total. The number of nitrogens with two attached hydrogens (primary N) is 1. The molecule has 0 saturated heterocycles. The Hall–Kier alpha value is -2.02. The summed E-state index contributed by atoms with van der Waals surface area (Å²) in [7, 11) is 0. The van der Waals surface area contributed by atoms with E-state index in [9.17, 15) is 4.79 Å². The number of para-hydroxylation sites is 1.